The first-order valence-corrected chi connectivity index (χ1v) is 9.48. The van der Waals surface area contributed by atoms with Gasteiger partial charge in [-0.3, -0.25) is 4.40 Å². The van der Waals surface area contributed by atoms with Crippen LogP contribution in [0.2, 0.25) is 0 Å². The van der Waals surface area contributed by atoms with E-state index >= 15 is 4.39 Å². The number of nitrogens with zero attached hydrogens (tertiary/aromatic N) is 5. The third-order valence-corrected chi connectivity index (χ3v) is 5.70. The molecule has 0 N–H and O–H groups in total. The van der Waals surface area contributed by atoms with E-state index in [1.54, 1.807) is 12.3 Å². The van der Waals surface area contributed by atoms with E-state index in [2.05, 4.69) is 27.2 Å². The fourth-order valence-electron chi connectivity index (χ4n) is 3.90. The summed E-state index contributed by atoms with van der Waals surface area (Å²) in [6, 6.07) is 11.8. The van der Waals surface area contributed by atoms with E-state index in [1.165, 1.54) is 4.40 Å². The molecule has 2 aliphatic rings. The molecule has 0 radical (unpaired) electrons. The molecule has 2 fully saturated rings. The lowest BCUT2D eigenvalue weighted by Gasteiger charge is -2.37. The number of benzene rings is 1. The second-order valence-electron chi connectivity index (χ2n) is 7.50. The van der Waals surface area contributed by atoms with Gasteiger partial charge in [0.1, 0.15) is 5.82 Å². The lowest BCUT2D eigenvalue weighted by molar-refractivity contribution is 0.0984. The summed E-state index contributed by atoms with van der Waals surface area (Å²) in [5.74, 6) is -3.40. The Morgan fingerprint density at radius 1 is 0.964 bits per heavy atom. The largest absolute Gasteiger partial charge is 0.368 e. The second-order valence-corrected chi connectivity index (χ2v) is 7.50. The minimum atomic E-state index is -2.62. The quantitative estimate of drug-likeness (QED) is 0.688. The van der Waals surface area contributed by atoms with Crippen LogP contribution in [0.15, 0.2) is 42.6 Å². The molecule has 3 aromatic rings. The Bertz CT molecular complexity index is 996. The molecule has 0 amide bonds. The number of alkyl halides is 2. The number of fused-ring (bicyclic) bond motifs is 1. The molecule has 8 heteroatoms. The molecule has 28 heavy (non-hydrogen) atoms. The molecule has 0 bridgehead atoms. The van der Waals surface area contributed by atoms with E-state index in [1.807, 2.05) is 23.1 Å². The van der Waals surface area contributed by atoms with Gasteiger partial charge in [0, 0.05) is 56.8 Å². The molecule has 0 spiro atoms. The first-order chi connectivity index (χ1) is 13.5. The van der Waals surface area contributed by atoms with Crippen molar-refractivity contribution in [3.63, 3.8) is 0 Å². The molecule has 1 atom stereocenters. The predicted molar refractivity (Wildman–Crippen MR) is 101 cm³/mol. The summed E-state index contributed by atoms with van der Waals surface area (Å²) in [5.41, 5.74) is 1.75. The number of hydrogen-bond acceptors (Lipinski definition) is 4. The number of rotatable bonds is 4. The van der Waals surface area contributed by atoms with Crippen molar-refractivity contribution in [3.8, 4) is 0 Å². The van der Waals surface area contributed by atoms with Gasteiger partial charge in [0.25, 0.3) is 5.92 Å². The molecular weight excluding hydrogens is 367 g/mol. The molecular formula is C20H20F3N5. The topological polar surface area (TPSA) is 36.7 Å². The fraction of sp³-hybridized carbons (Fsp3) is 0.400. The first-order valence-electron chi connectivity index (χ1n) is 9.48. The van der Waals surface area contributed by atoms with Gasteiger partial charge < -0.3 is 9.80 Å². The highest BCUT2D eigenvalue weighted by atomic mass is 19.3. The standard InChI is InChI=1S/C20H20F3N5/c21-18-16(27-10-8-26(9-11-27)15-4-2-1-3-5-15)6-7-28-17(24-25-19(18)28)12-14-13-20(14,22)23/h1-7,14H,8-13H2. The van der Waals surface area contributed by atoms with Gasteiger partial charge in [-0.1, -0.05) is 18.2 Å². The average Bonchev–Trinajstić information content (AvgIpc) is 3.10. The number of halogens is 3. The molecule has 1 saturated carbocycles. The van der Waals surface area contributed by atoms with Crippen molar-refractivity contribution in [2.45, 2.75) is 18.8 Å². The van der Waals surface area contributed by atoms with E-state index in [0.29, 0.717) is 24.6 Å². The van der Waals surface area contributed by atoms with E-state index < -0.39 is 17.7 Å². The highest BCUT2D eigenvalue weighted by molar-refractivity contribution is 5.59. The number of aromatic nitrogens is 3. The van der Waals surface area contributed by atoms with Gasteiger partial charge >= 0.3 is 0 Å². The number of hydrogen-bond donors (Lipinski definition) is 0. The first kappa shape index (κ1) is 17.3. The Morgan fingerprint density at radius 3 is 2.32 bits per heavy atom. The molecule has 1 aliphatic heterocycles. The number of piperazine rings is 1. The Balaban J connectivity index is 1.33. The number of para-hydroxylation sites is 1. The van der Waals surface area contributed by atoms with Gasteiger partial charge in [0.05, 0.1) is 5.69 Å². The SMILES string of the molecule is Fc1c(N2CCN(c3ccccc3)CC2)ccn2c(CC3CC3(F)F)nnc12. The van der Waals surface area contributed by atoms with Crippen molar-refractivity contribution in [1.29, 1.82) is 0 Å². The normalized spacial score (nSPS) is 21.3. The molecule has 146 valence electrons. The van der Waals surface area contributed by atoms with Gasteiger partial charge in [-0.25, -0.2) is 13.2 Å². The maximum Gasteiger partial charge on any atom is 0.252 e. The number of anilines is 2. The molecule has 1 aromatic carbocycles. The number of pyridine rings is 1. The monoisotopic (exact) mass is 387 g/mol. The van der Waals surface area contributed by atoms with Gasteiger partial charge in [-0.2, -0.15) is 0 Å². The maximum absolute atomic E-state index is 15.1. The van der Waals surface area contributed by atoms with Crippen molar-refractivity contribution in [3.05, 3.63) is 54.2 Å². The summed E-state index contributed by atoms with van der Waals surface area (Å²) >= 11 is 0. The lowest BCUT2D eigenvalue weighted by atomic mass is 10.2. The zero-order valence-electron chi connectivity index (χ0n) is 15.2. The van der Waals surface area contributed by atoms with Crippen molar-refractivity contribution in [2.24, 2.45) is 5.92 Å². The Morgan fingerprint density at radius 2 is 1.64 bits per heavy atom. The molecule has 5 nitrogen and oxygen atoms in total. The van der Waals surface area contributed by atoms with Crippen molar-refractivity contribution in [2.75, 3.05) is 36.0 Å². The highest BCUT2D eigenvalue weighted by Crippen LogP contribution is 2.50. The Hall–Kier alpha value is -2.77. The van der Waals surface area contributed by atoms with Crippen LogP contribution in [0.5, 0.6) is 0 Å². The van der Waals surface area contributed by atoms with Crippen molar-refractivity contribution in [1.82, 2.24) is 14.6 Å². The van der Waals surface area contributed by atoms with Crippen LogP contribution in [-0.4, -0.2) is 46.7 Å². The summed E-state index contributed by atoms with van der Waals surface area (Å²) in [7, 11) is 0. The smallest absolute Gasteiger partial charge is 0.252 e. The second kappa shape index (κ2) is 6.39. The summed E-state index contributed by atoms with van der Waals surface area (Å²) in [6.07, 6.45) is 1.67. The van der Waals surface area contributed by atoms with Crippen molar-refractivity contribution < 1.29 is 13.2 Å². The van der Waals surface area contributed by atoms with Crippen LogP contribution >= 0.6 is 0 Å². The van der Waals surface area contributed by atoms with E-state index in [0.717, 1.165) is 18.8 Å². The van der Waals surface area contributed by atoms with Crippen molar-refractivity contribution >= 4 is 17.0 Å². The van der Waals surface area contributed by atoms with Crippen LogP contribution in [0.1, 0.15) is 12.2 Å². The third-order valence-electron chi connectivity index (χ3n) is 5.70. The summed E-state index contributed by atoms with van der Waals surface area (Å²) < 4.78 is 42.9. The predicted octanol–water partition coefficient (Wildman–Crippen LogP) is 3.39. The van der Waals surface area contributed by atoms with Crippen LogP contribution in [0.3, 0.4) is 0 Å². The zero-order valence-corrected chi connectivity index (χ0v) is 15.2. The Kier molecular flexibility index (Phi) is 3.96. The minimum absolute atomic E-state index is 0.0990. The van der Waals surface area contributed by atoms with Crippen LogP contribution < -0.4 is 9.80 Å². The van der Waals surface area contributed by atoms with Gasteiger partial charge in [-0.05, 0) is 18.2 Å². The molecule has 1 saturated heterocycles. The van der Waals surface area contributed by atoms with Gasteiger partial charge in [0.2, 0.25) is 0 Å². The molecule has 5 rings (SSSR count). The van der Waals surface area contributed by atoms with E-state index in [9.17, 15) is 8.78 Å². The molecule has 1 aliphatic carbocycles. The third kappa shape index (κ3) is 2.96. The van der Waals surface area contributed by atoms with Gasteiger partial charge in [-0.15, -0.1) is 10.2 Å². The maximum atomic E-state index is 15.1. The minimum Gasteiger partial charge on any atom is -0.368 e. The molecule has 1 unspecified atom stereocenters. The summed E-state index contributed by atoms with van der Waals surface area (Å²) in [5, 5.41) is 7.87. The molecule has 3 heterocycles. The van der Waals surface area contributed by atoms with Crippen LogP contribution in [0.25, 0.3) is 5.65 Å². The average molecular weight is 387 g/mol. The van der Waals surface area contributed by atoms with Gasteiger partial charge in [0.15, 0.2) is 11.5 Å². The van der Waals surface area contributed by atoms with E-state index in [4.69, 9.17) is 0 Å². The molecule has 2 aromatic heterocycles. The fourth-order valence-corrected chi connectivity index (χ4v) is 3.90. The summed E-state index contributed by atoms with van der Waals surface area (Å²) in [4.78, 5) is 4.27. The lowest BCUT2D eigenvalue weighted by Crippen LogP contribution is -2.46. The van der Waals surface area contributed by atoms with Crippen LogP contribution in [0.4, 0.5) is 24.5 Å². The summed E-state index contributed by atoms with van der Waals surface area (Å²) in [6.45, 7) is 2.97. The highest BCUT2D eigenvalue weighted by Gasteiger charge is 2.56. The van der Waals surface area contributed by atoms with E-state index in [-0.39, 0.29) is 18.5 Å². The zero-order chi connectivity index (χ0) is 19.3. The Labute approximate surface area is 160 Å². The van der Waals surface area contributed by atoms with Crippen LogP contribution in [0, 0.1) is 11.7 Å². The van der Waals surface area contributed by atoms with Crippen LogP contribution in [-0.2, 0) is 6.42 Å².